The van der Waals surface area contributed by atoms with Gasteiger partial charge in [0, 0.05) is 37.9 Å². The Bertz CT molecular complexity index is 1670. The van der Waals surface area contributed by atoms with E-state index in [1.807, 2.05) is 51.1 Å². The number of nitrogens with zero attached hydrogens (tertiary/aromatic N) is 4. The molecule has 45 heavy (non-hydrogen) atoms. The van der Waals surface area contributed by atoms with Crippen molar-refractivity contribution < 1.29 is 24.1 Å². The summed E-state index contributed by atoms with van der Waals surface area (Å²) in [6.45, 7) is 12.9. The molecular formula is C36H42N4O5. The zero-order valence-corrected chi connectivity index (χ0v) is 26.6. The number of fused-ring (bicyclic) bond motifs is 1. The minimum Gasteiger partial charge on any atom is -0.488 e. The van der Waals surface area contributed by atoms with Crippen LogP contribution in [0.25, 0.3) is 17.1 Å². The number of ether oxygens (including phenoxy) is 3. The highest BCUT2D eigenvalue weighted by molar-refractivity contribution is 5.90. The van der Waals surface area contributed by atoms with Crippen molar-refractivity contribution in [3.05, 3.63) is 88.1 Å². The summed E-state index contributed by atoms with van der Waals surface area (Å²) in [6, 6.07) is 16.8. The average Bonchev–Trinajstić information content (AvgIpc) is 3.49. The predicted octanol–water partition coefficient (Wildman–Crippen LogP) is 6.40. The fraction of sp³-hybridized carbons (Fsp3) is 0.417. The molecule has 2 aliphatic heterocycles. The predicted molar refractivity (Wildman–Crippen MR) is 172 cm³/mol. The van der Waals surface area contributed by atoms with Gasteiger partial charge in [-0.2, -0.15) is 9.78 Å². The Labute approximate surface area is 264 Å². The maximum Gasteiger partial charge on any atom is 0.342 e. The molecule has 1 fully saturated rings. The summed E-state index contributed by atoms with van der Waals surface area (Å²) in [7, 11) is 0. The number of aryl methyl sites for hydroxylation is 1. The molecule has 0 radical (unpaired) electrons. The van der Waals surface area contributed by atoms with Gasteiger partial charge in [-0.1, -0.05) is 44.2 Å². The lowest BCUT2D eigenvalue weighted by Crippen LogP contribution is -2.42. The van der Waals surface area contributed by atoms with E-state index in [1.54, 1.807) is 6.07 Å². The van der Waals surface area contributed by atoms with Crippen molar-refractivity contribution in [3.8, 4) is 28.7 Å². The first-order chi connectivity index (χ1) is 21.8. The molecule has 0 atom stereocenters. The first kappa shape index (κ1) is 30.8. The van der Waals surface area contributed by atoms with E-state index in [-0.39, 0.29) is 17.4 Å². The van der Waals surface area contributed by atoms with Gasteiger partial charge in [0.25, 0.3) is 0 Å². The molecule has 4 aromatic rings. The van der Waals surface area contributed by atoms with Gasteiger partial charge in [0.2, 0.25) is 5.88 Å². The van der Waals surface area contributed by atoms with Crippen LogP contribution >= 0.6 is 0 Å². The van der Waals surface area contributed by atoms with Gasteiger partial charge in [-0.05, 0) is 85.0 Å². The number of pyridine rings is 1. The summed E-state index contributed by atoms with van der Waals surface area (Å²) < 4.78 is 19.5. The van der Waals surface area contributed by atoms with Crippen LogP contribution in [0, 0.1) is 19.8 Å². The third-order valence-electron chi connectivity index (χ3n) is 8.86. The molecule has 0 unspecified atom stereocenters. The molecule has 0 amide bonds. The van der Waals surface area contributed by atoms with Crippen LogP contribution in [0.15, 0.2) is 54.7 Å². The number of hydrogen-bond donors (Lipinski definition) is 1. The summed E-state index contributed by atoms with van der Waals surface area (Å²) in [5.74, 6) is 0.520. The maximum absolute atomic E-state index is 11.9. The quantitative estimate of drug-likeness (QED) is 0.220. The SMILES string of the molecule is Cc1cccc(-c2cccc(-n3ncc(C(=O)O)c3OCC(C)C)n2)c1OCc1ccc2c(c1C)CCN(C1CCOCC1)C2. The second-order valence-electron chi connectivity index (χ2n) is 12.5. The Morgan fingerprint density at radius 2 is 1.87 bits per heavy atom. The van der Waals surface area contributed by atoms with Crippen LogP contribution in [0.1, 0.15) is 64.9 Å². The van der Waals surface area contributed by atoms with Crippen molar-refractivity contribution in [2.24, 2.45) is 5.92 Å². The molecule has 0 aliphatic carbocycles. The van der Waals surface area contributed by atoms with Gasteiger partial charge in [-0.25, -0.2) is 9.78 Å². The van der Waals surface area contributed by atoms with Crippen molar-refractivity contribution in [1.82, 2.24) is 19.7 Å². The molecular weight excluding hydrogens is 568 g/mol. The highest BCUT2D eigenvalue weighted by Gasteiger charge is 2.27. The lowest BCUT2D eigenvalue weighted by molar-refractivity contribution is 0.0290. The normalized spacial score (nSPS) is 15.7. The van der Waals surface area contributed by atoms with E-state index in [2.05, 4.69) is 29.1 Å². The standard InChI is InChI=1S/C36H42N4O5/c1-23(2)21-45-35-31(36(41)42)19-37-40(35)33-10-6-9-32(38-33)30-8-5-7-24(3)34(30)44-22-27-12-11-26-20-39(16-13-29(26)25(27)4)28-14-17-43-18-15-28/h5-12,19,23,28H,13-18,20-22H2,1-4H3,(H,41,42). The number of carbonyl (C=O) groups is 1. The highest BCUT2D eigenvalue weighted by Crippen LogP contribution is 2.35. The van der Waals surface area contributed by atoms with Crippen molar-refractivity contribution in [2.75, 3.05) is 26.4 Å². The Hall–Kier alpha value is -4.21. The van der Waals surface area contributed by atoms with E-state index in [4.69, 9.17) is 19.2 Å². The minimum absolute atomic E-state index is 0.000792. The lowest BCUT2D eigenvalue weighted by atomic mass is 9.90. The van der Waals surface area contributed by atoms with E-state index in [0.29, 0.717) is 30.8 Å². The Balaban J connectivity index is 1.24. The number of para-hydroxylation sites is 1. The van der Waals surface area contributed by atoms with Gasteiger partial charge in [-0.3, -0.25) is 4.90 Å². The van der Waals surface area contributed by atoms with Crippen LogP contribution in [-0.2, 0) is 24.3 Å². The van der Waals surface area contributed by atoms with Crippen LogP contribution in [0.5, 0.6) is 11.6 Å². The second-order valence-corrected chi connectivity index (χ2v) is 12.5. The first-order valence-corrected chi connectivity index (χ1v) is 15.9. The Morgan fingerprint density at radius 3 is 2.64 bits per heavy atom. The highest BCUT2D eigenvalue weighted by atomic mass is 16.5. The van der Waals surface area contributed by atoms with Crippen LogP contribution in [0.3, 0.4) is 0 Å². The van der Waals surface area contributed by atoms with E-state index in [0.717, 1.165) is 62.4 Å². The van der Waals surface area contributed by atoms with Gasteiger partial charge in [0.05, 0.1) is 18.5 Å². The summed E-state index contributed by atoms with van der Waals surface area (Å²) in [4.78, 5) is 19.4. The maximum atomic E-state index is 11.9. The van der Waals surface area contributed by atoms with E-state index < -0.39 is 5.97 Å². The molecule has 2 aromatic heterocycles. The molecule has 236 valence electrons. The minimum atomic E-state index is -1.10. The molecule has 9 heteroatoms. The van der Waals surface area contributed by atoms with Crippen LogP contribution in [0.4, 0.5) is 0 Å². The molecule has 2 aliphatic rings. The molecule has 1 saturated heterocycles. The Morgan fingerprint density at radius 1 is 1.07 bits per heavy atom. The second kappa shape index (κ2) is 13.4. The number of hydrogen-bond acceptors (Lipinski definition) is 7. The van der Waals surface area contributed by atoms with Crippen molar-refractivity contribution in [3.63, 3.8) is 0 Å². The van der Waals surface area contributed by atoms with Gasteiger partial charge < -0.3 is 19.3 Å². The number of carboxylic acids is 1. The number of aromatic carboxylic acids is 1. The number of benzene rings is 2. The Kier molecular flexibility index (Phi) is 9.19. The fourth-order valence-electron chi connectivity index (χ4n) is 6.35. The number of carboxylic acid groups (broad SMARTS) is 1. The monoisotopic (exact) mass is 610 g/mol. The number of aromatic nitrogens is 3. The van der Waals surface area contributed by atoms with E-state index in [9.17, 15) is 9.90 Å². The summed E-state index contributed by atoms with van der Waals surface area (Å²) >= 11 is 0. The molecule has 0 spiro atoms. The van der Waals surface area contributed by atoms with Crippen LogP contribution in [0.2, 0.25) is 0 Å². The van der Waals surface area contributed by atoms with Gasteiger partial charge in [0.1, 0.15) is 17.9 Å². The fourth-order valence-corrected chi connectivity index (χ4v) is 6.35. The zero-order valence-electron chi connectivity index (χ0n) is 26.6. The van der Waals surface area contributed by atoms with Crippen molar-refractivity contribution in [1.29, 1.82) is 0 Å². The lowest BCUT2D eigenvalue weighted by Gasteiger charge is -2.38. The molecule has 1 N–H and O–H groups in total. The summed E-state index contributed by atoms with van der Waals surface area (Å²) in [6.07, 6.45) is 4.60. The van der Waals surface area contributed by atoms with Gasteiger partial charge in [-0.15, -0.1) is 0 Å². The van der Waals surface area contributed by atoms with Crippen LogP contribution in [-0.4, -0.2) is 63.1 Å². The largest absolute Gasteiger partial charge is 0.488 e. The smallest absolute Gasteiger partial charge is 0.342 e. The molecule has 9 nitrogen and oxygen atoms in total. The molecule has 6 rings (SSSR count). The van der Waals surface area contributed by atoms with Crippen LogP contribution < -0.4 is 9.47 Å². The number of rotatable bonds is 10. The molecule has 0 bridgehead atoms. The van der Waals surface area contributed by atoms with E-state index in [1.165, 1.54) is 33.1 Å². The first-order valence-electron chi connectivity index (χ1n) is 15.9. The third-order valence-corrected chi connectivity index (χ3v) is 8.86. The zero-order chi connectivity index (χ0) is 31.5. The van der Waals surface area contributed by atoms with Gasteiger partial charge >= 0.3 is 5.97 Å². The summed E-state index contributed by atoms with van der Waals surface area (Å²) in [5, 5.41) is 14.0. The topological polar surface area (TPSA) is 98.9 Å². The van der Waals surface area contributed by atoms with E-state index >= 15 is 0 Å². The van der Waals surface area contributed by atoms with Crippen molar-refractivity contribution >= 4 is 5.97 Å². The third kappa shape index (κ3) is 6.60. The molecule has 0 saturated carbocycles. The van der Waals surface area contributed by atoms with Gasteiger partial charge in [0.15, 0.2) is 5.82 Å². The summed E-state index contributed by atoms with van der Waals surface area (Å²) in [5.41, 5.74) is 7.95. The average molecular weight is 611 g/mol. The van der Waals surface area contributed by atoms with Crippen molar-refractivity contribution in [2.45, 2.75) is 66.2 Å². The molecule has 2 aromatic carbocycles. The molecule has 4 heterocycles.